The van der Waals surface area contributed by atoms with Gasteiger partial charge in [0.15, 0.2) is 6.29 Å². The van der Waals surface area contributed by atoms with Gasteiger partial charge in [0.25, 0.3) is 0 Å². The van der Waals surface area contributed by atoms with E-state index in [0.29, 0.717) is 42.1 Å². The average Bonchev–Trinajstić information content (AvgIpc) is 2.87. The van der Waals surface area contributed by atoms with Crippen molar-refractivity contribution in [2.45, 2.75) is 38.9 Å². The lowest BCUT2D eigenvalue weighted by Gasteiger charge is -2.24. The van der Waals surface area contributed by atoms with Crippen molar-refractivity contribution >= 4 is 24.0 Å². The van der Waals surface area contributed by atoms with Gasteiger partial charge in [-0.15, -0.1) is 0 Å². The Kier molecular flexibility index (Phi) is 4.96. The van der Waals surface area contributed by atoms with Crippen molar-refractivity contribution in [1.29, 1.82) is 0 Å². The first kappa shape index (κ1) is 16.6. The Morgan fingerprint density at radius 2 is 2.14 bits per heavy atom. The number of nitrogens with zero attached hydrogens (tertiary/aromatic N) is 1. The number of benzene rings is 1. The first-order valence-electron chi connectivity index (χ1n) is 7.18. The molecule has 0 radical (unpaired) electrons. The van der Waals surface area contributed by atoms with Crippen LogP contribution in [-0.2, 0) is 4.74 Å². The van der Waals surface area contributed by atoms with E-state index in [9.17, 15) is 9.59 Å². The van der Waals surface area contributed by atoms with Crippen molar-refractivity contribution in [3.8, 4) is 5.75 Å². The van der Waals surface area contributed by atoms with E-state index >= 15 is 0 Å². The summed E-state index contributed by atoms with van der Waals surface area (Å²) in [6, 6.07) is 4.90. The Hall–Kier alpha value is -1.75. The van der Waals surface area contributed by atoms with Crippen molar-refractivity contribution in [3.63, 3.8) is 0 Å². The van der Waals surface area contributed by atoms with Gasteiger partial charge in [-0.2, -0.15) is 0 Å². The highest BCUT2D eigenvalue weighted by Gasteiger charge is 2.31. The molecule has 1 atom stereocenters. The molecule has 0 aromatic heterocycles. The van der Waals surface area contributed by atoms with Gasteiger partial charge in [0.1, 0.15) is 17.5 Å². The van der Waals surface area contributed by atoms with Crippen LogP contribution in [0.15, 0.2) is 18.2 Å². The third-order valence-electron chi connectivity index (χ3n) is 3.19. The Labute approximate surface area is 135 Å². The molecule has 5 nitrogen and oxygen atoms in total. The van der Waals surface area contributed by atoms with Gasteiger partial charge in [-0.1, -0.05) is 11.6 Å². The number of carbonyl (C=O) groups excluding carboxylic acids is 2. The van der Waals surface area contributed by atoms with Crippen LogP contribution in [0.1, 0.15) is 37.6 Å². The van der Waals surface area contributed by atoms with Gasteiger partial charge in [-0.3, -0.25) is 4.79 Å². The third-order valence-corrected chi connectivity index (χ3v) is 3.42. The van der Waals surface area contributed by atoms with Crippen molar-refractivity contribution in [2.24, 2.45) is 0 Å². The molecular weight excluding hydrogens is 306 g/mol. The van der Waals surface area contributed by atoms with E-state index in [2.05, 4.69) is 0 Å². The molecule has 2 rings (SSSR count). The quantitative estimate of drug-likeness (QED) is 0.798. The standard InChI is InChI=1S/C16H20ClNO4/c1-16(2,3)22-15(20)18-7-6-13(9-18)21-14-5-4-12(17)8-11(14)10-19/h4-5,8,10,13H,6-7,9H2,1-3H3. The molecule has 1 aromatic carbocycles. The first-order chi connectivity index (χ1) is 10.3. The molecule has 0 N–H and O–H groups in total. The summed E-state index contributed by atoms with van der Waals surface area (Å²) in [7, 11) is 0. The molecule has 22 heavy (non-hydrogen) atoms. The van der Waals surface area contributed by atoms with E-state index in [1.165, 1.54) is 0 Å². The zero-order chi connectivity index (χ0) is 16.3. The number of likely N-dealkylation sites (tertiary alicyclic amines) is 1. The van der Waals surface area contributed by atoms with Crippen LogP contribution in [0.2, 0.25) is 5.02 Å². The summed E-state index contributed by atoms with van der Waals surface area (Å²) >= 11 is 5.85. The fourth-order valence-electron chi connectivity index (χ4n) is 2.22. The summed E-state index contributed by atoms with van der Waals surface area (Å²) in [6.45, 7) is 6.51. The number of hydrogen-bond donors (Lipinski definition) is 0. The highest BCUT2D eigenvalue weighted by molar-refractivity contribution is 6.30. The van der Waals surface area contributed by atoms with Crippen LogP contribution in [-0.4, -0.2) is 42.1 Å². The van der Waals surface area contributed by atoms with Gasteiger partial charge in [0, 0.05) is 18.0 Å². The first-order valence-corrected chi connectivity index (χ1v) is 7.55. The van der Waals surface area contributed by atoms with Crippen LogP contribution in [0.4, 0.5) is 4.79 Å². The van der Waals surface area contributed by atoms with Gasteiger partial charge < -0.3 is 14.4 Å². The molecule has 1 unspecified atom stereocenters. The highest BCUT2D eigenvalue weighted by atomic mass is 35.5. The molecule has 120 valence electrons. The molecule has 0 aliphatic carbocycles. The fourth-order valence-corrected chi connectivity index (χ4v) is 2.40. The summed E-state index contributed by atoms with van der Waals surface area (Å²) in [4.78, 5) is 24.7. The normalized spacial score (nSPS) is 18.2. The number of ether oxygens (including phenoxy) is 2. The van der Waals surface area contributed by atoms with Gasteiger partial charge in [0.2, 0.25) is 0 Å². The molecule has 1 aliphatic heterocycles. The van der Waals surface area contributed by atoms with Crippen molar-refractivity contribution < 1.29 is 19.1 Å². The molecule has 0 spiro atoms. The average molecular weight is 326 g/mol. The summed E-state index contributed by atoms with van der Waals surface area (Å²) in [5.41, 5.74) is -0.111. The number of halogens is 1. The second kappa shape index (κ2) is 6.57. The summed E-state index contributed by atoms with van der Waals surface area (Å²) in [5.74, 6) is 0.482. The Bertz CT molecular complexity index is 568. The molecule has 1 saturated heterocycles. The minimum Gasteiger partial charge on any atom is -0.488 e. The van der Waals surface area contributed by atoms with E-state index in [0.717, 1.165) is 0 Å². The van der Waals surface area contributed by atoms with Crippen molar-refractivity contribution in [1.82, 2.24) is 4.90 Å². The van der Waals surface area contributed by atoms with E-state index in [1.807, 2.05) is 20.8 Å². The lowest BCUT2D eigenvalue weighted by molar-refractivity contribution is 0.0275. The molecule has 6 heteroatoms. The van der Waals surface area contributed by atoms with Gasteiger partial charge >= 0.3 is 6.09 Å². The predicted molar refractivity (Wildman–Crippen MR) is 83.7 cm³/mol. The molecule has 0 bridgehead atoms. The number of amides is 1. The SMILES string of the molecule is CC(C)(C)OC(=O)N1CCC(Oc2ccc(Cl)cc2C=O)C1. The van der Waals surface area contributed by atoms with E-state index in [1.54, 1.807) is 23.1 Å². The van der Waals surface area contributed by atoms with Crippen LogP contribution >= 0.6 is 11.6 Å². The lowest BCUT2D eigenvalue weighted by atomic mass is 10.2. The summed E-state index contributed by atoms with van der Waals surface area (Å²) < 4.78 is 11.2. The van der Waals surface area contributed by atoms with Crippen LogP contribution in [0.25, 0.3) is 0 Å². The minimum atomic E-state index is -0.517. The third kappa shape index (κ3) is 4.37. The zero-order valence-electron chi connectivity index (χ0n) is 13.0. The Balaban J connectivity index is 1.97. The molecular formula is C16H20ClNO4. The lowest BCUT2D eigenvalue weighted by Crippen LogP contribution is -2.36. The van der Waals surface area contributed by atoms with E-state index in [-0.39, 0.29) is 12.2 Å². The van der Waals surface area contributed by atoms with Gasteiger partial charge in [-0.25, -0.2) is 4.79 Å². The monoisotopic (exact) mass is 325 g/mol. The van der Waals surface area contributed by atoms with Crippen LogP contribution in [0.5, 0.6) is 5.75 Å². The van der Waals surface area contributed by atoms with Crippen molar-refractivity contribution in [2.75, 3.05) is 13.1 Å². The van der Waals surface area contributed by atoms with E-state index < -0.39 is 5.60 Å². The van der Waals surface area contributed by atoms with E-state index in [4.69, 9.17) is 21.1 Å². The second-order valence-corrected chi connectivity index (χ2v) is 6.69. The second-order valence-electron chi connectivity index (χ2n) is 6.25. The van der Waals surface area contributed by atoms with Crippen LogP contribution in [0.3, 0.4) is 0 Å². The summed E-state index contributed by atoms with van der Waals surface area (Å²) in [5, 5.41) is 0.483. The Morgan fingerprint density at radius 3 is 2.77 bits per heavy atom. The number of carbonyl (C=O) groups is 2. The minimum absolute atomic E-state index is 0.160. The van der Waals surface area contributed by atoms with Crippen molar-refractivity contribution in [3.05, 3.63) is 28.8 Å². The number of rotatable bonds is 3. The maximum Gasteiger partial charge on any atom is 0.410 e. The smallest absolute Gasteiger partial charge is 0.410 e. The molecule has 0 saturated carbocycles. The van der Waals surface area contributed by atoms with Crippen LogP contribution < -0.4 is 4.74 Å². The molecule has 1 heterocycles. The number of aldehydes is 1. The molecule has 1 amide bonds. The molecule has 1 aromatic rings. The molecule has 1 fully saturated rings. The van der Waals surface area contributed by atoms with Gasteiger partial charge in [0.05, 0.1) is 12.1 Å². The fraction of sp³-hybridized carbons (Fsp3) is 0.500. The maximum absolute atomic E-state index is 12.0. The maximum atomic E-state index is 12.0. The predicted octanol–water partition coefficient (Wildman–Crippen LogP) is 3.54. The largest absolute Gasteiger partial charge is 0.488 e. The topological polar surface area (TPSA) is 55.8 Å². The number of hydrogen-bond acceptors (Lipinski definition) is 4. The van der Waals surface area contributed by atoms with Gasteiger partial charge in [-0.05, 0) is 39.0 Å². The zero-order valence-corrected chi connectivity index (χ0v) is 13.7. The Morgan fingerprint density at radius 1 is 1.41 bits per heavy atom. The highest BCUT2D eigenvalue weighted by Crippen LogP contribution is 2.25. The molecule has 1 aliphatic rings. The van der Waals surface area contributed by atoms with Crippen LogP contribution in [0, 0.1) is 0 Å². The summed E-state index contributed by atoms with van der Waals surface area (Å²) in [6.07, 6.45) is 0.903.